The summed E-state index contributed by atoms with van der Waals surface area (Å²) in [5, 5.41) is 18.5. The second-order valence-electron chi connectivity index (χ2n) is 5.09. The van der Waals surface area contributed by atoms with E-state index in [1.54, 1.807) is 6.92 Å². The van der Waals surface area contributed by atoms with Gasteiger partial charge in [-0.2, -0.15) is 0 Å². The lowest BCUT2D eigenvalue weighted by Gasteiger charge is -2.32. The number of carbonyl (C=O) groups excluding carboxylic acids is 2. The molecule has 1 heterocycles. The molecule has 7 nitrogen and oxygen atoms in total. The van der Waals surface area contributed by atoms with E-state index in [-0.39, 0.29) is 25.4 Å². The highest BCUT2D eigenvalue weighted by molar-refractivity contribution is 5.93. The SMILES string of the molecule is CCOC(=O)C1=CC2(CCC1C=O)O[C@H](CO)[C@@H](CO)O2. The van der Waals surface area contributed by atoms with E-state index in [9.17, 15) is 19.8 Å². The van der Waals surface area contributed by atoms with Crippen molar-refractivity contribution in [3.05, 3.63) is 11.6 Å². The van der Waals surface area contributed by atoms with Gasteiger partial charge in [0.2, 0.25) is 0 Å². The van der Waals surface area contributed by atoms with Gasteiger partial charge in [0, 0.05) is 17.9 Å². The van der Waals surface area contributed by atoms with Gasteiger partial charge < -0.3 is 29.2 Å². The smallest absolute Gasteiger partial charge is 0.334 e. The Kier molecular flexibility index (Phi) is 5.10. The van der Waals surface area contributed by atoms with Crippen molar-refractivity contribution in [2.24, 2.45) is 5.92 Å². The minimum Gasteiger partial charge on any atom is -0.463 e. The first kappa shape index (κ1) is 16.1. The highest BCUT2D eigenvalue weighted by atomic mass is 16.8. The third-order valence-corrected chi connectivity index (χ3v) is 3.73. The molecule has 1 aliphatic carbocycles. The Balaban J connectivity index is 2.27. The van der Waals surface area contributed by atoms with Crippen LogP contribution in [0.25, 0.3) is 0 Å². The zero-order chi connectivity index (χ0) is 15.5. The number of hydrogen-bond acceptors (Lipinski definition) is 7. The molecular formula is C14H20O7. The maximum absolute atomic E-state index is 12.0. The Bertz CT molecular complexity index is 419. The summed E-state index contributed by atoms with van der Waals surface area (Å²) < 4.78 is 16.3. The van der Waals surface area contributed by atoms with Gasteiger partial charge in [-0.25, -0.2) is 4.79 Å². The lowest BCUT2D eigenvalue weighted by molar-refractivity contribution is -0.158. The number of carbonyl (C=O) groups is 2. The summed E-state index contributed by atoms with van der Waals surface area (Å²) in [7, 11) is 0. The Hall–Kier alpha value is -1.28. The minimum absolute atomic E-state index is 0.202. The van der Waals surface area contributed by atoms with Crippen molar-refractivity contribution in [3.8, 4) is 0 Å². The van der Waals surface area contributed by atoms with Crippen LogP contribution in [0, 0.1) is 5.92 Å². The third kappa shape index (κ3) is 3.16. The Labute approximate surface area is 122 Å². The second kappa shape index (κ2) is 6.65. The van der Waals surface area contributed by atoms with Gasteiger partial charge in [-0.15, -0.1) is 0 Å². The van der Waals surface area contributed by atoms with Crippen molar-refractivity contribution in [3.63, 3.8) is 0 Å². The van der Waals surface area contributed by atoms with Gasteiger partial charge in [-0.1, -0.05) is 0 Å². The molecule has 7 heteroatoms. The van der Waals surface area contributed by atoms with Crippen LogP contribution in [0.2, 0.25) is 0 Å². The van der Waals surface area contributed by atoms with E-state index in [0.717, 1.165) is 0 Å². The number of hydrogen-bond donors (Lipinski definition) is 2. The molecule has 21 heavy (non-hydrogen) atoms. The van der Waals surface area contributed by atoms with Crippen LogP contribution in [0.5, 0.6) is 0 Å². The van der Waals surface area contributed by atoms with Crippen LogP contribution in [-0.2, 0) is 23.8 Å². The van der Waals surface area contributed by atoms with Crippen LogP contribution in [0.15, 0.2) is 11.6 Å². The van der Waals surface area contributed by atoms with Crippen molar-refractivity contribution >= 4 is 12.3 Å². The summed E-state index contributed by atoms with van der Waals surface area (Å²) in [5.41, 5.74) is 0.202. The summed E-state index contributed by atoms with van der Waals surface area (Å²) in [6, 6.07) is 0. The summed E-state index contributed by atoms with van der Waals surface area (Å²) in [5.74, 6) is -2.32. The van der Waals surface area contributed by atoms with Crippen LogP contribution >= 0.6 is 0 Å². The second-order valence-corrected chi connectivity index (χ2v) is 5.09. The summed E-state index contributed by atoms with van der Waals surface area (Å²) in [4.78, 5) is 23.1. The van der Waals surface area contributed by atoms with E-state index in [1.165, 1.54) is 6.08 Å². The highest BCUT2D eigenvalue weighted by Gasteiger charge is 2.49. The van der Waals surface area contributed by atoms with Gasteiger partial charge in [0.05, 0.1) is 19.8 Å². The quantitative estimate of drug-likeness (QED) is 0.523. The Morgan fingerprint density at radius 3 is 2.52 bits per heavy atom. The fourth-order valence-electron chi connectivity index (χ4n) is 2.68. The van der Waals surface area contributed by atoms with Gasteiger partial charge in [0.15, 0.2) is 5.79 Å². The average molecular weight is 300 g/mol. The Morgan fingerprint density at radius 1 is 1.43 bits per heavy atom. The molecule has 0 aromatic heterocycles. The van der Waals surface area contributed by atoms with Crippen molar-refractivity contribution in [2.45, 2.75) is 37.8 Å². The van der Waals surface area contributed by atoms with Crippen molar-refractivity contribution < 1.29 is 34.0 Å². The molecule has 2 rings (SSSR count). The molecule has 1 aliphatic heterocycles. The fourth-order valence-corrected chi connectivity index (χ4v) is 2.68. The molecule has 1 unspecified atom stereocenters. The van der Waals surface area contributed by atoms with E-state index >= 15 is 0 Å². The van der Waals surface area contributed by atoms with E-state index in [2.05, 4.69) is 0 Å². The molecule has 0 bridgehead atoms. The average Bonchev–Trinajstić information content (AvgIpc) is 2.85. The molecule has 0 aromatic rings. The topological polar surface area (TPSA) is 102 Å². The zero-order valence-electron chi connectivity index (χ0n) is 11.9. The third-order valence-electron chi connectivity index (χ3n) is 3.73. The molecular weight excluding hydrogens is 280 g/mol. The maximum Gasteiger partial charge on any atom is 0.334 e. The molecule has 0 radical (unpaired) electrons. The van der Waals surface area contributed by atoms with Gasteiger partial charge in [0.25, 0.3) is 0 Å². The molecule has 0 aromatic carbocycles. The van der Waals surface area contributed by atoms with Crippen molar-refractivity contribution in [2.75, 3.05) is 19.8 Å². The molecule has 2 aliphatic rings. The molecule has 1 spiro atoms. The molecule has 3 atom stereocenters. The number of esters is 1. The van der Waals surface area contributed by atoms with Gasteiger partial charge >= 0.3 is 5.97 Å². The number of aliphatic hydroxyl groups is 2. The number of aliphatic hydroxyl groups excluding tert-OH is 2. The van der Waals surface area contributed by atoms with Crippen LogP contribution < -0.4 is 0 Å². The monoisotopic (exact) mass is 300 g/mol. The van der Waals surface area contributed by atoms with E-state index < -0.39 is 29.9 Å². The normalized spacial score (nSPS) is 31.0. The van der Waals surface area contributed by atoms with E-state index in [4.69, 9.17) is 14.2 Å². The predicted octanol–water partition coefficient (Wildman–Crippen LogP) is -0.450. The first-order valence-corrected chi connectivity index (χ1v) is 7.01. The Morgan fingerprint density at radius 2 is 2.05 bits per heavy atom. The standard InChI is InChI=1S/C14H20O7/c1-2-19-13(18)10-5-14(4-3-9(10)6-15)20-11(7-16)12(8-17)21-14/h5-6,9,11-12,16-17H,2-4,7-8H2,1H3/t9?,11-,12-/m1/s1. The first-order chi connectivity index (χ1) is 10.1. The van der Waals surface area contributed by atoms with Crippen LogP contribution in [0.1, 0.15) is 19.8 Å². The van der Waals surface area contributed by atoms with Crippen LogP contribution in [-0.4, -0.2) is 60.3 Å². The van der Waals surface area contributed by atoms with Gasteiger partial charge in [-0.05, 0) is 19.4 Å². The summed E-state index contributed by atoms with van der Waals surface area (Å²) >= 11 is 0. The van der Waals surface area contributed by atoms with E-state index in [0.29, 0.717) is 19.1 Å². The molecule has 0 amide bonds. The van der Waals surface area contributed by atoms with Crippen LogP contribution in [0.3, 0.4) is 0 Å². The number of rotatable bonds is 5. The molecule has 0 saturated carbocycles. The predicted molar refractivity (Wildman–Crippen MR) is 70.2 cm³/mol. The lowest BCUT2D eigenvalue weighted by Crippen LogP contribution is -2.37. The lowest BCUT2D eigenvalue weighted by atomic mass is 9.85. The minimum atomic E-state index is -1.19. The molecule has 118 valence electrons. The van der Waals surface area contributed by atoms with Gasteiger partial charge in [0.1, 0.15) is 18.5 Å². The van der Waals surface area contributed by atoms with Crippen LogP contribution in [0.4, 0.5) is 0 Å². The first-order valence-electron chi connectivity index (χ1n) is 7.01. The molecule has 1 fully saturated rings. The fraction of sp³-hybridized carbons (Fsp3) is 0.714. The van der Waals surface area contributed by atoms with Crippen molar-refractivity contribution in [1.29, 1.82) is 0 Å². The maximum atomic E-state index is 12.0. The summed E-state index contributed by atoms with van der Waals surface area (Å²) in [6.07, 6.45) is 1.57. The van der Waals surface area contributed by atoms with Crippen molar-refractivity contribution in [1.82, 2.24) is 0 Å². The number of ether oxygens (including phenoxy) is 3. The highest BCUT2D eigenvalue weighted by Crippen LogP contribution is 2.40. The van der Waals surface area contributed by atoms with E-state index in [1.807, 2.05) is 0 Å². The van der Waals surface area contributed by atoms with Gasteiger partial charge in [-0.3, -0.25) is 0 Å². The number of aldehydes is 1. The molecule has 2 N–H and O–H groups in total. The molecule has 1 saturated heterocycles. The largest absolute Gasteiger partial charge is 0.463 e. The zero-order valence-corrected chi connectivity index (χ0v) is 11.9. The summed E-state index contributed by atoms with van der Waals surface area (Å²) in [6.45, 7) is 1.29.